The minimum Gasteiger partial charge on any atom is -0.325 e. The molecule has 2 aromatic rings. The van der Waals surface area contributed by atoms with Crippen LogP contribution in [-0.2, 0) is 11.2 Å². The van der Waals surface area contributed by atoms with Crippen LogP contribution in [0.5, 0.6) is 0 Å². The van der Waals surface area contributed by atoms with Crippen molar-refractivity contribution in [1.29, 1.82) is 0 Å². The lowest BCUT2D eigenvalue weighted by Crippen LogP contribution is -2.25. The number of carbonyl (C=O) groups is 1. The van der Waals surface area contributed by atoms with E-state index >= 15 is 0 Å². The summed E-state index contributed by atoms with van der Waals surface area (Å²) in [5.41, 5.74) is 4.22. The Hall–Kier alpha value is -1.74. The predicted molar refractivity (Wildman–Crippen MR) is 87.5 cm³/mol. The number of benzene rings is 2. The monoisotopic (exact) mass is 285 g/mol. The lowest BCUT2D eigenvalue weighted by molar-refractivity contribution is -0.115. The van der Waals surface area contributed by atoms with Gasteiger partial charge in [-0.05, 0) is 37.5 Å². The maximum Gasteiger partial charge on any atom is 0.237 e. The van der Waals surface area contributed by atoms with Crippen molar-refractivity contribution in [2.45, 2.75) is 25.5 Å². The third kappa shape index (κ3) is 3.87. The predicted octanol–water partition coefficient (Wildman–Crippen LogP) is 3.78. The number of amides is 1. The van der Waals surface area contributed by atoms with Gasteiger partial charge in [0.1, 0.15) is 0 Å². The molecule has 0 radical (unpaired) electrons. The Morgan fingerprint density at radius 3 is 2.50 bits per heavy atom. The average Bonchev–Trinajstić information content (AvgIpc) is 2.43. The minimum absolute atomic E-state index is 0.0656. The van der Waals surface area contributed by atoms with Crippen molar-refractivity contribution >= 4 is 24.2 Å². The zero-order valence-corrected chi connectivity index (χ0v) is 12.7. The Bertz CT molecular complexity index is 595. The molecule has 0 aromatic heterocycles. The van der Waals surface area contributed by atoms with Gasteiger partial charge in [0, 0.05) is 5.69 Å². The summed E-state index contributed by atoms with van der Waals surface area (Å²) in [7, 11) is 0. The number of hydrogen-bond acceptors (Lipinski definition) is 2. The molecule has 1 atom stereocenters. The topological polar surface area (TPSA) is 29.1 Å². The van der Waals surface area contributed by atoms with Gasteiger partial charge < -0.3 is 5.32 Å². The summed E-state index contributed by atoms with van der Waals surface area (Å²) in [5.74, 6) is -0.0656. The molecule has 0 heterocycles. The van der Waals surface area contributed by atoms with Crippen LogP contribution in [0, 0.1) is 13.8 Å². The van der Waals surface area contributed by atoms with Gasteiger partial charge in [-0.25, -0.2) is 0 Å². The maximum absolute atomic E-state index is 12.2. The highest BCUT2D eigenvalue weighted by Crippen LogP contribution is 2.17. The summed E-state index contributed by atoms with van der Waals surface area (Å²) in [4.78, 5) is 12.2. The minimum atomic E-state index is -0.349. The van der Waals surface area contributed by atoms with Crippen LogP contribution in [0.2, 0.25) is 0 Å². The Labute approximate surface area is 125 Å². The zero-order chi connectivity index (χ0) is 14.5. The molecule has 1 unspecified atom stereocenters. The highest BCUT2D eigenvalue weighted by atomic mass is 32.1. The lowest BCUT2D eigenvalue weighted by Gasteiger charge is -2.13. The van der Waals surface area contributed by atoms with Crippen LogP contribution < -0.4 is 5.32 Å². The van der Waals surface area contributed by atoms with Gasteiger partial charge in [0.2, 0.25) is 5.91 Å². The molecular weight excluding hydrogens is 266 g/mol. The molecule has 104 valence electrons. The van der Waals surface area contributed by atoms with Crippen LogP contribution in [-0.4, -0.2) is 11.2 Å². The van der Waals surface area contributed by atoms with Gasteiger partial charge in [-0.2, -0.15) is 12.6 Å². The van der Waals surface area contributed by atoms with E-state index < -0.39 is 0 Å². The van der Waals surface area contributed by atoms with E-state index in [1.807, 2.05) is 56.3 Å². The molecule has 0 aliphatic heterocycles. The fourth-order valence-electron chi connectivity index (χ4n) is 2.10. The normalized spacial score (nSPS) is 11.9. The summed E-state index contributed by atoms with van der Waals surface area (Å²) < 4.78 is 0. The molecule has 0 saturated carbocycles. The van der Waals surface area contributed by atoms with E-state index in [4.69, 9.17) is 0 Å². The molecule has 1 amide bonds. The number of nitrogens with one attached hydrogen (secondary N) is 1. The fourth-order valence-corrected chi connectivity index (χ4v) is 2.38. The molecular formula is C17H19NOS. The van der Waals surface area contributed by atoms with E-state index in [0.29, 0.717) is 6.42 Å². The van der Waals surface area contributed by atoms with Crippen LogP contribution in [0.25, 0.3) is 0 Å². The first-order valence-corrected chi connectivity index (χ1v) is 7.18. The van der Waals surface area contributed by atoms with Crippen molar-refractivity contribution in [2.75, 3.05) is 5.32 Å². The molecule has 0 spiro atoms. The first-order chi connectivity index (χ1) is 9.56. The summed E-state index contributed by atoms with van der Waals surface area (Å²) in [6.45, 7) is 4.03. The van der Waals surface area contributed by atoms with Crippen molar-refractivity contribution in [3.63, 3.8) is 0 Å². The third-order valence-corrected chi connectivity index (χ3v) is 3.63. The van der Waals surface area contributed by atoms with Crippen LogP contribution in [0.15, 0.2) is 48.5 Å². The van der Waals surface area contributed by atoms with Crippen molar-refractivity contribution in [2.24, 2.45) is 0 Å². The van der Waals surface area contributed by atoms with Crippen molar-refractivity contribution in [3.8, 4) is 0 Å². The molecule has 0 aliphatic carbocycles. The van der Waals surface area contributed by atoms with Gasteiger partial charge >= 0.3 is 0 Å². The lowest BCUT2D eigenvalue weighted by atomic mass is 10.1. The molecule has 0 saturated heterocycles. The Kier molecular flexibility index (Phi) is 4.85. The Morgan fingerprint density at radius 1 is 1.15 bits per heavy atom. The van der Waals surface area contributed by atoms with Gasteiger partial charge in [-0.1, -0.05) is 48.0 Å². The van der Waals surface area contributed by atoms with Crippen LogP contribution in [0.3, 0.4) is 0 Å². The van der Waals surface area contributed by atoms with Gasteiger partial charge in [-0.3, -0.25) is 4.79 Å². The molecule has 20 heavy (non-hydrogen) atoms. The smallest absolute Gasteiger partial charge is 0.237 e. The van der Waals surface area contributed by atoms with E-state index in [9.17, 15) is 4.79 Å². The summed E-state index contributed by atoms with van der Waals surface area (Å²) in [6, 6.07) is 15.9. The number of rotatable bonds is 4. The molecule has 3 heteroatoms. The summed E-state index contributed by atoms with van der Waals surface area (Å²) in [5, 5.41) is 2.59. The maximum atomic E-state index is 12.2. The average molecular weight is 285 g/mol. The number of anilines is 1. The van der Waals surface area contributed by atoms with E-state index in [2.05, 4.69) is 24.0 Å². The van der Waals surface area contributed by atoms with Crippen LogP contribution in [0.4, 0.5) is 5.69 Å². The number of thiol groups is 1. The highest BCUT2D eigenvalue weighted by molar-refractivity contribution is 7.81. The molecule has 2 rings (SSSR count). The second-order valence-electron chi connectivity index (χ2n) is 5.01. The van der Waals surface area contributed by atoms with Crippen LogP contribution in [0.1, 0.15) is 16.7 Å². The first kappa shape index (κ1) is 14.7. The SMILES string of the molecule is Cc1ccc(NC(=O)C(S)Cc2ccccc2)c(C)c1. The number of aryl methyl sites for hydroxylation is 2. The van der Waals surface area contributed by atoms with Crippen LogP contribution >= 0.6 is 12.6 Å². The van der Waals surface area contributed by atoms with Gasteiger partial charge in [-0.15, -0.1) is 0 Å². The zero-order valence-electron chi connectivity index (χ0n) is 11.8. The second kappa shape index (κ2) is 6.62. The molecule has 0 bridgehead atoms. The third-order valence-electron chi connectivity index (χ3n) is 3.21. The van der Waals surface area contributed by atoms with E-state index in [-0.39, 0.29) is 11.2 Å². The van der Waals surface area contributed by atoms with Gasteiger partial charge in [0.25, 0.3) is 0 Å². The van der Waals surface area contributed by atoms with E-state index in [0.717, 1.165) is 16.8 Å². The largest absolute Gasteiger partial charge is 0.325 e. The Balaban J connectivity index is 2.01. The first-order valence-electron chi connectivity index (χ1n) is 6.66. The second-order valence-corrected chi connectivity index (χ2v) is 5.64. The number of hydrogen-bond donors (Lipinski definition) is 2. The van der Waals surface area contributed by atoms with Crippen molar-refractivity contribution in [1.82, 2.24) is 0 Å². The van der Waals surface area contributed by atoms with Crippen molar-refractivity contribution in [3.05, 3.63) is 65.2 Å². The van der Waals surface area contributed by atoms with Gasteiger partial charge in [0.15, 0.2) is 0 Å². The van der Waals surface area contributed by atoms with E-state index in [1.54, 1.807) is 0 Å². The summed E-state index contributed by atoms with van der Waals surface area (Å²) >= 11 is 4.41. The molecule has 1 N–H and O–H groups in total. The highest BCUT2D eigenvalue weighted by Gasteiger charge is 2.15. The fraction of sp³-hybridized carbons (Fsp3) is 0.235. The number of carbonyl (C=O) groups excluding carboxylic acids is 1. The summed E-state index contributed by atoms with van der Waals surface area (Å²) in [6.07, 6.45) is 0.626. The molecule has 2 nitrogen and oxygen atoms in total. The molecule has 0 aliphatic rings. The Morgan fingerprint density at radius 2 is 1.85 bits per heavy atom. The van der Waals surface area contributed by atoms with E-state index in [1.165, 1.54) is 5.56 Å². The standard InChI is InChI=1S/C17H19NOS/c1-12-8-9-15(13(2)10-12)18-17(19)16(20)11-14-6-4-3-5-7-14/h3-10,16,20H,11H2,1-2H3,(H,18,19). The molecule has 2 aromatic carbocycles. The quantitative estimate of drug-likeness (QED) is 0.822. The molecule has 0 fully saturated rings. The van der Waals surface area contributed by atoms with Crippen molar-refractivity contribution < 1.29 is 4.79 Å². The van der Waals surface area contributed by atoms with Gasteiger partial charge in [0.05, 0.1) is 5.25 Å².